The lowest BCUT2D eigenvalue weighted by molar-refractivity contribution is 0.260. The average Bonchev–Trinajstić information content (AvgIpc) is 2.88. The minimum Gasteiger partial charge on any atom is -0.465 e. The maximum Gasteiger partial charge on any atom is 0.284 e. The van der Waals surface area contributed by atoms with Crippen molar-refractivity contribution < 1.29 is 9.15 Å². The van der Waals surface area contributed by atoms with Gasteiger partial charge >= 0.3 is 0 Å². The molecule has 0 N–H and O–H groups in total. The highest BCUT2D eigenvalue weighted by molar-refractivity contribution is 5.83. The van der Waals surface area contributed by atoms with Crippen LogP contribution in [-0.2, 0) is 0 Å². The zero-order valence-electron chi connectivity index (χ0n) is 11.0. The molecule has 3 heteroatoms. The predicted molar refractivity (Wildman–Crippen MR) is 75.4 cm³/mol. The summed E-state index contributed by atoms with van der Waals surface area (Å²) in [6.45, 7) is 4.59. The fraction of sp³-hybridized carbons (Fsp3) is 0.188. The number of aryl methyl sites for hydroxylation is 1. The standard InChI is InChI=1S/C16H15NO2/c1-3-18-15-10-9-14(19-15)13-8-7-12-6-4-5-11(2)16(12)17-13/h4-10H,3H2,1-2H3. The number of rotatable bonds is 3. The molecular weight excluding hydrogens is 238 g/mol. The van der Waals surface area contributed by atoms with E-state index in [-0.39, 0.29) is 0 Å². The Morgan fingerprint density at radius 2 is 2.00 bits per heavy atom. The van der Waals surface area contributed by atoms with Crippen LogP contribution in [0.4, 0.5) is 0 Å². The molecule has 0 atom stereocenters. The highest BCUT2D eigenvalue weighted by Crippen LogP contribution is 2.27. The molecule has 19 heavy (non-hydrogen) atoms. The Morgan fingerprint density at radius 3 is 2.84 bits per heavy atom. The number of aromatic nitrogens is 1. The normalized spacial score (nSPS) is 10.8. The van der Waals surface area contributed by atoms with Gasteiger partial charge in [0.25, 0.3) is 5.95 Å². The van der Waals surface area contributed by atoms with Crippen LogP contribution in [-0.4, -0.2) is 11.6 Å². The van der Waals surface area contributed by atoms with E-state index in [0.717, 1.165) is 27.9 Å². The highest BCUT2D eigenvalue weighted by Gasteiger charge is 2.08. The molecule has 0 amide bonds. The lowest BCUT2D eigenvalue weighted by atomic mass is 10.1. The van der Waals surface area contributed by atoms with Crippen molar-refractivity contribution in [2.75, 3.05) is 6.61 Å². The average molecular weight is 253 g/mol. The van der Waals surface area contributed by atoms with Crippen molar-refractivity contribution >= 4 is 10.9 Å². The first-order valence-corrected chi connectivity index (χ1v) is 6.37. The summed E-state index contributed by atoms with van der Waals surface area (Å²) in [6.07, 6.45) is 0. The summed E-state index contributed by atoms with van der Waals surface area (Å²) in [4.78, 5) is 4.67. The molecule has 2 aromatic heterocycles. The van der Waals surface area contributed by atoms with Crippen molar-refractivity contribution in [1.29, 1.82) is 0 Å². The first-order valence-electron chi connectivity index (χ1n) is 6.37. The summed E-state index contributed by atoms with van der Waals surface area (Å²) >= 11 is 0. The fourth-order valence-electron chi connectivity index (χ4n) is 2.11. The maximum absolute atomic E-state index is 5.61. The molecule has 3 aromatic rings. The molecule has 2 heterocycles. The number of furan rings is 1. The summed E-state index contributed by atoms with van der Waals surface area (Å²) in [7, 11) is 0. The summed E-state index contributed by atoms with van der Waals surface area (Å²) in [5.41, 5.74) is 3.00. The third kappa shape index (κ3) is 2.19. The molecule has 0 aliphatic rings. The SMILES string of the molecule is CCOc1ccc(-c2ccc3cccc(C)c3n2)o1. The monoisotopic (exact) mass is 253 g/mol. The Bertz CT molecular complexity index is 716. The van der Waals surface area contributed by atoms with Crippen molar-refractivity contribution in [3.05, 3.63) is 48.0 Å². The van der Waals surface area contributed by atoms with Gasteiger partial charge in [0.05, 0.1) is 12.1 Å². The molecule has 96 valence electrons. The lowest BCUT2D eigenvalue weighted by Crippen LogP contribution is -1.88. The molecule has 0 bridgehead atoms. The third-order valence-corrected chi connectivity index (χ3v) is 3.04. The minimum absolute atomic E-state index is 0.532. The molecule has 1 aromatic carbocycles. The van der Waals surface area contributed by atoms with Gasteiger partial charge in [-0.15, -0.1) is 0 Å². The fourth-order valence-corrected chi connectivity index (χ4v) is 2.11. The van der Waals surface area contributed by atoms with Crippen LogP contribution in [0, 0.1) is 6.92 Å². The van der Waals surface area contributed by atoms with Gasteiger partial charge in [-0.2, -0.15) is 0 Å². The van der Waals surface area contributed by atoms with Gasteiger partial charge in [-0.1, -0.05) is 24.3 Å². The molecule has 0 aliphatic carbocycles. The Hall–Kier alpha value is -2.29. The van der Waals surface area contributed by atoms with E-state index >= 15 is 0 Å². The van der Waals surface area contributed by atoms with E-state index in [1.165, 1.54) is 0 Å². The van der Waals surface area contributed by atoms with E-state index in [1.54, 1.807) is 0 Å². The van der Waals surface area contributed by atoms with Crippen LogP contribution in [0.5, 0.6) is 5.95 Å². The van der Waals surface area contributed by atoms with Crippen LogP contribution >= 0.6 is 0 Å². The van der Waals surface area contributed by atoms with E-state index in [1.807, 2.05) is 31.2 Å². The van der Waals surface area contributed by atoms with Crippen molar-refractivity contribution in [1.82, 2.24) is 4.98 Å². The van der Waals surface area contributed by atoms with Gasteiger partial charge in [-0.25, -0.2) is 4.98 Å². The van der Waals surface area contributed by atoms with Crippen LogP contribution in [0.3, 0.4) is 0 Å². The Labute approximate surface area is 111 Å². The zero-order valence-corrected chi connectivity index (χ0v) is 11.0. The van der Waals surface area contributed by atoms with Gasteiger partial charge in [0.15, 0.2) is 5.76 Å². The smallest absolute Gasteiger partial charge is 0.284 e. The number of benzene rings is 1. The second-order valence-electron chi connectivity index (χ2n) is 4.39. The summed E-state index contributed by atoms with van der Waals surface area (Å²) < 4.78 is 10.9. The Kier molecular flexibility index (Phi) is 2.95. The van der Waals surface area contributed by atoms with E-state index in [4.69, 9.17) is 9.15 Å². The van der Waals surface area contributed by atoms with Gasteiger partial charge in [-0.3, -0.25) is 0 Å². The Morgan fingerprint density at radius 1 is 1.11 bits per heavy atom. The summed E-state index contributed by atoms with van der Waals surface area (Å²) in [5.74, 6) is 1.26. The number of hydrogen-bond donors (Lipinski definition) is 0. The van der Waals surface area contributed by atoms with E-state index < -0.39 is 0 Å². The van der Waals surface area contributed by atoms with Gasteiger partial charge in [0.1, 0.15) is 5.69 Å². The lowest BCUT2D eigenvalue weighted by Gasteiger charge is -2.03. The molecule has 0 saturated heterocycles. The minimum atomic E-state index is 0.532. The second-order valence-corrected chi connectivity index (χ2v) is 4.39. The van der Waals surface area contributed by atoms with Gasteiger partial charge in [0, 0.05) is 11.5 Å². The molecule has 0 saturated carbocycles. The topological polar surface area (TPSA) is 35.3 Å². The molecule has 3 rings (SSSR count). The predicted octanol–water partition coefficient (Wildman–Crippen LogP) is 4.20. The van der Waals surface area contributed by atoms with Crippen molar-refractivity contribution in [2.45, 2.75) is 13.8 Å². The molecule has 0 unspecified atom stereocenters. The van der Waals surface area contributed by atoms with Crippen LogP contribution in [0.15, 0.2) is 46.9 Å². The summed E-state index contributed by atoms with van der Waals surface area (Å²) in [5, 5.41) is 1.14. The van der Waals surface area contributed by atoms with Gasteiger partial charge in [-0.05, 0) is 31.5 Å². The van der Waals surface area contributed by atoms with E-state index in [0.29, 0.717) is 12.6 Å². The van der Waals surface area contributed by atoms with E-state index in [2.05, 4.69) is 30.1 Å². The molecule has 0 spiro atoms. The summed E-state index contributed by atoms with van der Waals surface area (Å²) in [6, 6.07) is 13.9. The molecule has 0 aliphatic heterocycles. The zero-order chi connectivity index (χ0) is 13.2. The van der Waals surface area contributed by atoms with Crippen LogP contribution < -0.4 is 4.74 Å². The van der Waals surface area contributed by atoms with Crippen molar-refractivity contribution in [2.24, 2.45) is 0 Å². The Balaban J connectivity index is 2.06. The van der Waals surface area contributed by atoms with Crippen LogP contribution in [0.2, 0.25) is 0 Å². The second kappa shape index (κ2) is 4.76. The number of nitrogens with zero attached hydrogens (tertiary/aromatic N) is 1. The molecule has 0 fully saturated rings. The number of para-hydroxylation sites is 1. The quantitative estimate of drug-likeness (QED) is 0.701. The van der Waals surface area contributed by atoms with Crippen molar-refractivity contribution in [3.63, 3.8) is 0 Å². The van der Waals surface area contributed by atoms with Gasteiger partial charge in [0.2, 0.25) is 0 Å². The van der Waals surface area contributed by atoms with Gasteiger partial charge < -0.3 is 9.15 Å². The number of pyridine rings is 1. The number of hydrogen-bond acceptors (Lipinski definition) is 3. The third-order valence-electron chi connectivity index (χ3n) is 3.04. The number of fused-ring (bicyclic) bond motifs is 1. The molecule has 0 radical (unpaired) electrons. The van der Waals surface area contributed by atoms with Crippen LogP contribution in [0.1, 0.15) is 12.5 Å². The first kappa shape index (κ1) is 11.8. The highest BCUT2D eigenvalue weighted by atomic mass is 16.6. The van der Waals surface area contributed by atoms with E-state index in [9.17, 15) is 0 Å². The first-order chi connectivity index (χ1) is 9.28. The largest absolute Gasteiger partial charge is 0.465 e. The molecule has 3 nitrogen and oxygen atoms in total. The maximum atomic E-state index is 5.61. The van der Waals surface area contributed by atoms with Crippen molar-refractivity contribution in [3.8, 4) is 17.4 Å². The number of ether oxygens (including phenoxy) is 1. The molecular formula is C16H15NO2. The van der Waals surface area contributed by atoms with Crippen LogP contribution in [0.25, 0.3) is 22.4 Å².